The summed E-state index contributed by atoms with van der Waals surface area (Å²) in [5.74, 6) is -3.04. The van der Waals surface area contributed by atoms with Crippen LogP contribution in [0.3, 0.4) is 0 Å². The Balaban J connectivity index is 2.27. The van der Waals surface area contributed by atoms with E-state index >= 15 is 0 Å². The van der Waals surface area contributed by atoms with E-state index in [1.54, 1.807) is 0 Å². The van der Waals surface area contributed by atoms with Gasteiger partial charge < -0.3 is 5.32 Å². The molecule has 1 aromatic rings. The molecule has 0 spiro atoms. The van der Waals surface area contributed by atoms with Gasteiger partial charge in [-0.05, 0) is 24.8 Å². The summed E-state index contributed by atoms with van der Waals surface area (Å²) in [4.78, 5) is 2.16. The smallest absolute Gasteiger partial charge is 0.194 e. The third-order valence-corrected chi connectivity index (χ3v) is 4.03. The van der Waals surface area contributed by atoms with Crippen molar-refractivity contribution in [1.82, 2.24) is 10.2 Å². The third kappa shape index (κ3) is 3.98. The van der Waals surface area contributed by atoms with Crippen molar-refractivity contribution in [3.63, 3.8) is 0 Å². The summed E-state index contributed by atoms with van der Waals surface area (Å²) in [6, 6.07) is 2.23. The Morgan fingerprint density at radius 3 is 2.33 bits per heavy atom. The Labute approximate surface area is 124 Å². The summed E-state index contributed by atoms with van der Waals surface area (Å²) in [6.07, 6.45) is 1.67. The highest BCUT2D eigenvalue weighted by Gasteiger charge is 2.27. The monoisotopic (exact) mass is 300 g/mol. The maximum absolute atomic E-state index is 14.1. The molecule has 0 aromatic heterocycles. The number of hydrogen-bond donors (Lipinski definition) is 1. The van der Waals surface area contributed by atoms with E-state index < -0.39 is 17.5 Å². The van der Waals surface area contributed by atoms with Crippen molar-refractivity contribution in [3.05, 3.63) is 35.1 Å². The summed E-state index contributed by atoms with van der Waals surface area (Å²) in [6.45, 7) is 7.47. The second-order valence-corrected chi connectivity index (χ2v) is 6.04. The van der Waals surface area contributed by atoms with Gasteiger partial charge in [-0.25, -0.2) is 13.2 Å². The molecule has 118 valence electrons. The molecular weight excluding hydrogens is 277 g/mol. The molecule has 0 unspecified atom stereocenters. The molecule has 5 heteroatoms. The number of halogens is 3. The maximum atomic E-state index is 14.1. The fraction of sp³-hybridized carbons (Fsp3) is 0.625. The minimum absolute atomic E-state index is 0.190. The van der Waals surface area contributed by atoms with Crippen molar-refractivity contribution in [2.75, 3.05) is 26.2 Å². The zero-order valence-electron chi connectivity index (χ0n) is 12.6. The number of nitrogens with one attached hydrogen (secondary N) is 1. The molecule has 1 saturated heterocycles. The topological polar surface area (TPSA) is 15.3 Å². The fourth-order valence-corrected chi connectivity index (χ4v) is 2.82. The highest BCUT2D eigenvalue weighted by molar-refractivity contribution is 5.24. The number of nitrogens with zero attached hydrogens (tertiary/aromatic N) is 1. The molecule has 0 amide bonds. The molecule has 1 atom stereocenters. The van der Waals surface area contributed by atoms with E-state index in [9.17, 15) is 13.2 Å². The highest BCUT2D eigenvalue weighted by atomic mass is 19.2. The molecule has 0 radical (unpaired) electrons. The Bertz CT molecular complexity index is 471. The number of benzene rings is 1. The predicted molar refractivity (Wildman–Crippen MR) is 77.6 cm³/mol. The zero-order valence-corrected chi connectivity index (χ0v) is 12.6. The average molecular weight is 300 g/mol. The largest absolute Gasteiger partial charge is 0.314 e. The molecule has 1 heterocycles. The Morgan fingerprint density at radius 1 is 1.05 bits per heavy atom. The van der Waals surface area contributed by atoms with Gasteiger partial charge in [0.25, 0.3) is 0 Å². The van der Waals surface area contributed by atoms with Crippen LogP contribution in [0.5, 0.6) is 0 Å². The molecule has 0 saturated carbocycles. The molecule has 2 rings (SSSR count). The van der Waals surface area contributed by atoms with Gasteiger partial charge in [0, 0.05) is 37.8 Å². The van der Waals surface area contributed by atoms with Crippen molar-refractivity contribution >= 4 is 0 Å². The molecule has 2 nitrogen and oxygen atoms in total. The first-order chi connectivity index (χ1) is 10.0. The number of hydrogen-bond acceptors (Lipinski definition) is 2. The maximum Gasteiger partial charge on any atom is 0.194 e. The lowest BCUT2D eigenvalue weighted by molar-refractivity contribution is 0.155. The lowest BCUT2D eigenvalue weighted by Gasteiger charge is -2.35. The third-order valence-electron chi connectivity index (χ3n) is 4.03. The molecule has 1 N–H and O–H groups in total. The van der Waals surface area contributed by atoms with Gasteiger partial charge >= 0.3 is 0 Å². The van der Waals surface area contributed by atoms with Gasteiger partial charge in [-0.1, -0.05) is 19.9 Å². The molecule has 1 aliphatic heterocycles. The Kier molecular flexibility index (Phi) is 5.65. The second-order valence-electron chi connectivity index (χ2n) is 6.04. The standard InChI is InChI=1S/C16H23F3N2/c1-11(2)3-6-14(21-9-7-20-8-10-21)12-4-5-13(17)16(19)15(12)18/h4-5,11,14,20H,3,6-10H2,1-2H3/t14-/m1/s1. The van der Waals surface area contributed by atoms with E-state index in [0.29, 0.717) is 5.92 Å². The van der Waals surface area contributed by atoms with Gasteiger partial charge in [-0.15, -0.1) is 0 Å². The first-order valence-corrected chi connectivity index (χ1v) is 7.59. The van der Waals surface area contributed by atoms with Gasteiger partial charge in [0.2, 0.25) is 0 Å². The lowest BCUT2D eigenvalue weighted by Crippen LogP contribution is -2.45. The van der Waals surface area contributed by atoms with Crippen LogP contribution in [0.25, 0.3) is 0 Å². The van der Waals surface area contributed by atoms with E-state index in [0.717, 1.165) is 45.1 Å². The molecule has 21 heavy (non-hydrogen) atoms. The fourth-order valence-electron chi connectivity index (χ4n) is 2.82. The molecule has 1 aromatic carbocycles. The van der Waals surface area contributed by atoms with Crippen LogP contribution in [-0.4, -0.2) is 31.1 Å². The van der Waals surface area contributed by atoms with Crippen molar-refractivity contribution in [3.8, 4) is 0 Å². The van der Waals surface area contributed by atoms with E-state index in [1.807, 2.05) is 0 Å². The van der Waals surface area contributed by atoms with Crippen LogP contribution in [0, 0.1) is 23.4 Å². The highest BCUT2D eigenvalue weighted by Crippen LogP contribution is 2.31. The van der Waals surface area contributed by atoms with Gasteiger partial charge in [0.1, 0.15) is 0 Å². The number of piperazine rings is 1. The van der Waals surface area contributed by atoms with Crippen molar-refractivity contribution in [2.45, 2.75) is 32.7 Å². The van der Waals surface area contributed by atoms with E-state index in [1.165, 1.54) is 6.07 Å². The molecular formula is C16H23F3N2. The van der Waals surface area contributed by atoms with Crippen LogP contribution in [0.1, 0.15) is 38.3 Å². The number of rotatable bonds is 5. The van der Waals surface area contributed by atoms with Gasteiger partial charge in [0.15, 0.2) is 17.5 Å². The summed E-state index contributed by atoms with van der Waals surface area (Å²) >= 11 is 0. The van der Waals surface area contributed by atoms with Crippen molar-refractivity contribution in [2.24, 2.45) is 5.92 Å². The SMILES string of the molecule is CC(C)CC[C@H](c1ccc(F)c(F)c1F)N1CCNCC1. The molecule has 0 bridgehead atoms. The lowest BCUT2D eigenvalue weighted by atomic mass is 9.95. The average Bonchev–Trinajstić information content (AvgIpc) is 2.48. The first-order valence-electron chi connectivity index (χ1n) is 7.59. The summed E-state index contributed by atoms with van der Waals surface area (Å²) in [5, 5.41) is 3.25. The van der Waals surface area contributed by atoms with Crippen molar-refractivity contribution < 1.29 is 13.2 Å². The molecule has 1 aliphatic rings. The van der Waals surface area contributed by atoms with Crippen LogP contribution < -0.4 is 5.32 Å². The van der Waals surface area contributed by atoms with Crippen LogP contribution in [0.15, 0.2) is 12.1 Å². The predicted octanol–water partition coefficient (Wildman–Crippen LogP) is 3.49. The Morgan fingerprint density at radius 2 is 1.71 bits per heavy atom. The van der Waals surface area contributed by atoms with Crippen LogP contribution in [0.4, 0.5) is 13.2 Å². The quantitative estimate of drug-likeness (QED) is 0.838. The Hall–Kier alpha value is -1.07. The van der Waals surface area contributed by atoms with Gasteiger partial charge in [-0.2, -0.15) is 0 Å². The zero-order chi connectivity index (χ0) is 15.4. The molecule has 0 aliphatic carbocycles. The van der Waals surface area contributed by atoms with E-state index in [2.05, 4.69) is 24.1 Å². The normalized spacial score (nSPS) is 18.2. The summed E-state index contributed by atoms with van der Waals surface area (Å²) in [7, 11) is 0. The van der Waals surface area contributed by atoms with Crippen molar-refractivity contribution in [1.29, 1.82) is 0 Å². The van der Waals surface area contributed by atoms with E-state index in [4.69, 9.17) is 0 Å². The van der Waals surface area contributed by atoms with Crippen LogP contribution in [-0.2, 0) is 0 Å². The van der Waals surface area contributed by atoms with Gasteiger partial charge in [-0.3, -0.25) is 4.90 Å². The minimum atomic E-state index is -1.36. The summed E-state index contributed by atoms with van der Waals surface area (Å²) < 4.78 is 40.8. The minimum Gasteiger partial charge on any atom is -0.314 e. The van der Waals surface area contributed by atoms with Crippen LogP contribution >= 0.6 is 0 Å². The second kappa shape index (κ2) is 7.27. The first kappa shape index (κ1) is 16.3. The van der Waals surface area contributed by atoms with E-state index in [-0.39, 0.29) is 11.6 Å². The van der Waals surface area contributed by atoms with Gasteiger partial charge in [0.05, 0.1) is 0 Å². The molecule has 1 fully saturated rings. The summed E-state index contributed by atoms with van der Waals surface area (Å²) in [5.41, 5.74) is 0.274. The van der Waals surface area contributed by atoms with Crippen LogP contribution in [0.2, 0.25) is 0 Å².